The summed E-state index contributed by atoms with van der Waals surface area (Å²) in [4.78, 5) is 12.3. The Morgan fingerprint density at radius 1 is 1.15 bits per heavy atom. The molecule has 0 saturated carbocycles. The van der Waals surface area contributed by atoms with E-state index in [1.807, 2.05) is 36.4 Å². The van der Waals surface area contributed by atoms with Gasteiger partial charge in [-0.3, -0.25) is 4.79 Å². The topological polar surface area (TPSA) is 62.1 Å². The first kappa shape index (κ1) is 13.8. The molecule has 0 aliphatic rings. The number of carbonyl (C=O) groups excluding carboxylic acids is 1. The number of nitrogens with zero attached hydrogens (tertiary/aromatic N) is 1. The van der Waals surface area contributed by atoms with Crippen molar-refractivity contribution in [2.24, 2.45) is 0 Å². The minimum atomic E-state index is -0.706. The van der Waals surface area contributed by atoms with Gasteiger partial charge in [-0.15, -0.1) is 0 Å². The maximum absolute atomic E-state index is 12.3. The van der Waals surface area contributed by atoms with Crippen LogP contribution < -0.4 is 5.32 Å². The van der Waals surface area contributed by atoms with Crippen LogP contribution >= 0.6 is 0 Å². The molecule has 0 spiro atoms. The number of nitrogens with one attached hydrogen (secondary N) is 1. The van der Waals surface area contributed by atoms with E-state index >= 15 is 0 Å². The molecule has 0 radical (unpaired) electrons. The van der Waals surface area contributed by atoms with Crippen molar-refractivity contribution in [3.63, 3.8) is 0 Å². The zero-order valence-corrected chi connectivity index (χ0v) is 11.0. The van der Waals surface area contributed by atoms with Gasteiger partial charge in [-0.2, -0.15) is 5.26 Å². The van der Waals surface area contributed by atoms with Crippen molar-refractivity contribution in [1.29, 1.82) is 5.26 Å². The lowest BCUT2D eigenvalue weighted by molar-refractivity contribution is -0.126. The van der Waals surface area contributed by atoms with Crippen molar-refractivity contribution in [1.82, 2.24) is 0 Å². The van der Waals surface area contributed by atoms with Crippen LogP contribution in [0, 0.1) is 11.3 Å². The SMILES string of the molecule is COC(C(=O)Nc1ccccc1C#N)c1ccccc1. The van der Waals surface area contributed by atoms with Gasteiger partial charge in [0.25, 0.3) is 5.91 Å². The largest absolute Gasteiger partial charge is 0.367 e. The number of para-hydroxylation sites is 1. The Labute approximate surface area is 117 Å². The number of methoxy groups -OCH3 is 1. The van der Waals surface area contributed by atoms with Gasteiger partial charge in [-0.25, -0.2) is 0 Å². The van der Waals surface area contributed by atoms with Crippen molar-refractivity contribution in [3.8, 4) is 6.07 Å². The van der Waals surface area contributed by atoms with Gasteiger partial charge in [0, 0.05) is 7.11 Å². The zero-order chi connectivity index (χ0) is 14.4. The number of carbonyl (C=O) groups is 1. The molecule has 0 aromatic heterocycles. The Hall–Kier alpha value is -2.64. The molecule has 20 heavy (non-hydrogen) atoms. The second kappa shape index (κ2) is 6.50. The highest BCUT2D eigenvalue weighted by atomic mass is 16.5. The number of hydrogen-bond acceptors (Lipinski definition) is 3. The van der Waals surface area contributed by atoms with Crippen LogP contribution in [0.25, 0.3) is 0 Å². The third-order valence-electron chi connectivity index (χ3n) is 2.88. The normalized spacial score (nSPS) is 11.4. The Bertz CT molecular complexity index is 632. The Morgan fingerprint density at radius 3 is 2.45 bits per heavy atom. The van der Waals surface area contributed by atoms with Crippen LogP contribution in [-0.2, 0) is 9.53 Å². The van der Waals surface area contributed by atoms with Gasteiger partial charge < -0.3 is 10.1 Å². The van der Waals surface area contributed by atoms with Gasteiger partial charge in [-0.1, -0.05) is 42.5 Å². The molecular weight excluding hydrogens is 252 g/mol. The highest BCUT2D eigenvalue weighted by Crippen LogP contribution is 2.20. The fourth-order valence-corrected chi connectivity index (χ4v) is 1.91. The van der Waals surface area contributed by atoms with Gasteiger partial charge in [-0.05, 0) is 17.7 Å². The average molecular weight is 266 g/mol. The number of anilines is 1. The maximum Gasteiger partial charge on any atom is 0.258 e. The van der Waals surface area contributed by atoms with E-state index in [1.165, 1.54) is 7.11 Å². The minimum absolute atomic E-state index is 0.304. The van der Waals surface area contributed by atoms with E-state index < -0.39 is 6.10 Å². The van der Waals surface area contributed by atoms with Gasteiger partial charge in [0.2, 0.25) is 0 Å². The van der Waals surface area contributed by atoms with Crippen LogP contribution in [0.5, 0.6) is 0 Å². The quantitative estimate of drug-likeness (QED) is 0.925. The van der Waals surface area contributed by atoms with E-state index in [2.05, 4.69) is 5.32 Å². The molecule has 2 aromatic rings. The van der Waals surface area contributed by atoms with E-state index in [0.29, 0.717) is 11.3 Å². The highest BCUT2D eigenvalue weighted by molar-refractivity contribution is 5.95. The number of amides is 1. The van der Waals surface area contributed by atoms with Crippen molar-refractivity contribution in [3.05, 3.63) is 65.7 Å². The molecule has 100 valence electrons. The molecule has 0 fully saturated rings. The Kier molecular flexibility index (Phi) is 4.48. The molecule has 1 amide bonds. The van der Waals surface area contributed by atoms with Gasteiger partial charge in [0.05, 0.1) is 11.3 Å². The number of benzene rings is 2. The fourth-order valence-electron chi connectivity index (χ4n) is 1.91. The molecule has 0 aliphatic heterocycles. The van der Waals surface area contributed by atoms with E-state index in [0.717, 1.165) is 5.56 Å². The van der Waals surface area contributed by atoms with Crippen LogP contribution in [0.1, 0.15) is 17.2 Å². The van der Waals surface area contributed by atoms with Crippen LogP contribution in [0.3, 0.4) is 0 Å². The monoisotopic (exact) mass is 266 g/mol. The molecule has 1 unspecified atom stereocenters. The fraction of sp³-hybridized carbons (Fsp3) is 0.125. The summed E-state index contributed by atoms with van der Waals surface area (Å²) < 4.78 is 5.25. The van der Waals surface area contributed by atoms with Crippen molar-refractivity contribution < 1.29 is 9.53 Å². The Morgan fingerprint density at radius 2 is 1.80 bits per heavy atom. The third-order valence-corrected chi connectivity index (χ3v) is 2.88. The second-order valence-electron chi connectivity index (χ2n) is 4.17. The molecule has 1 atom stereocenters. The number of hydrogen-bond donors (Lipinski definition) is 1. The molecule has 0 aliphatic carbocycles. The summed E-state index contributed by atoms with van der Waals surface area (Å²) in [6.07, 6.45) is -0.706. The Balaban J connectivity index is 2.21. The standard InChI is InChI=1S/C16H14N2O2/c1-20-15(12-7-3-2-4-8-12)16(19)18-14-10-6-5-9-13(14)11-17/h2-10,15H,1H3,(H,18,19). The summed E-state index contributed by atoms with van der Waals surface area (Å²) >= 11 is 0. The third kappa shape index (κ3) is 3.02. The molecule has 1 N–H and O–H groups in total. The van der Waals surface area contributed by atoms with E-state index in [1.54, 1.807) is 24.3 Å². The highest BCUT2D eigenvalue weighted by Gasteiger charge is 2.20. The molecule has 2 rings (SSSR count). The van der Waals surface area contributed by atoms with Crippen molar-refractivity contribution in [2.45, 2.75) is 6.10 Å². The van der Waals surface area contributed by atoms with Crippen molar-refractivity contribution in [2.75, 3.05) is 12.4 Å². The van der Waals surface area contributed by atoms with Gasteiger partial charge >= 0.3 is 0 Å². The lowest BCUT2D eigenvalue weighted by atomic mass is 10.1. The summed E-state index contributed by atoms with van der Waals surface area (Å²) in [5.41, 5.74) is 1.67. The summed E-state index contributed by atoms with van der Waals surface area (Å²) in [5, 5.41) is 11.7. The zero-order valence-electron chi connectivity index (χ0n) is 11.0. The maximum atomic E-state index is 12.3. The molecule has 0 heterocycles. The van der Waals surface area contributed by atoms with Crippen LogP contribution in [0.4, 0.5) is 5.69 Å². The number of rotatable bonds is 4. The van der Waals surface area contributed by atoms with Crippen LogP contribution in [0.15, 0.2) is 54.6 Å². The van der Waals surface area contributed by atoms with Crippen LogP contribution in [0.2, 0.25) is 0 Å². The molecular formula is C16H14N2O2. The summed E-state index contributed by atoms with van der Waals surface area (Å²) in [6.45, 7) is 0. The lowest BCUT2D eigenvalue weighted by Gasteiger charge is -2.16. The predicted molar refractivity (Wildman–Crippen MR) is 76.0 cm³/mol. The molecule has 4 heteroatoms. The summed E-state index contributed by atoms with van der Waals surface area (Å²) in [6, 6.07) is 18.1. The second-order valence-corrected chi connectivity index (χ2v) is 4.17. The minimum Gasteiger partial charge on any atom is -0.367 e. The van der Waals surface area contributed by atoms with Gasteiger partial charge in [0.15, 0.2) is 6.10 Å². The van der Waals surface area contributed by atoms with Crippen molar-refractivity contribution >= 4 is 11.6 Å². The van der Waals surface area contributed by atoms with Crippen LogP contribution in [-0.4, -0.2) is 13.0 Å². The van der Waals surface area contributed by atoms with Gasteiger partial charge in [0.1, 0.15) is 6.07 Å². The van der Waals surface area contributed by atoms with E-state index in [9.17, 15) is 4.79 Å². The smallest absolute Gasteiger partial charge is 0.258 e. The number of nitriles is 1. The first-order chi connectivity index (χ1) is 9.76. The summed E-state index contributed by atoms with van der Waals surface area (Å²) in [5.74, 6) is -0.304. The first-order valence-corrected chi connectivity index (χ1v) is 6.14. The van der Waals surface area contributed by atoms with E-state index in [-0.39, 0.29) is 5.91 Å². The number of ether oxygens (including phenoxy) is 1. The molecule has 0 saturated heterocycles. The molecule has 0 bridgehead atoms. The first-order valence-electron chi connectivity index (χ1n) is 6.14. The molecule has 2 aromatic carbocycles. The summed E-state index contributed by atoms with van der Waals surface area (Å²) in [7, 11) is 1.48. The molecule has 4 nitrogen and oxygen atoms in total. The predicted octanol–water partition coefficient (Wildman–Crippen LogP) is 2.88. The average Bonchev–Trinajstić information content (AvgIpc) is 2.49. The van der Waals surface area contributed by atoms with E-state index in [4.69, 9.17) is 10.00 Å². The lowest BCUT2D eigenvalue weighted by Crippen LogP contribution is -2.23.